The van der Waals surface area contributed by atoms with Gasteiger partial charge in [0.25, 0.3) is 0 Å². The minimum atomic E-state index is -1.13. The first-order valence-electron chi connectivity index (χ1n) is 6.47. The number of hydrogen-bond donors (Lipinski definition) is 2. The number of aliphatic hydroxyl groups excluding tert-OH is 2. The fourth-order valence-electron chi connectivity index (χ4n) is 2.88. The summed E-state index contributed by atoms with van der Waals surface area (Å²) in [7, 11) is 0. The molecule has 5 nitrogen and oxygen atoms in total. The molecule has 0 amide bonds. The van der Waals surface area contributed by atoms with E-state index in [2.05, 4.69) is 0 Å². The van der Waals surface area contributed by atoms with Gasteiger partial charge in [0.2, 0.25) is 0 Å². The van der Waals surface area contributed by atoms with Gasteiger partial charge in [-0.1, -0.05) is 6.07 Å². The summed E-state index contributed by atoms with van der Waals surface area (Å²) in [4.78, 5) is 23.9. The Kier molecular flexibility index (Phi) is 3.05. The van der Waals surface area contributed by atoms with Crippen LogP contribution < -0.4 is 0 Å². The van der Waals surface area contributed by atoms with E-state index in [1.807, 2.05) is 0 Å². The third-order valence-corrected chi connectivity index (χ3v) is 3.76. The molecule has 3 atom stereocenters. The van der Waals surface area contributed by atoms with Gasteiger partial charge >= 0.3 is 0 Å². The number of aliphatic hydroxyl groups is 2. The molecule has 0 aromatic heterocycles. The third-order valence-electron chi connectivity index (χ3n) is 3.76. The van der Waals surface area contributed by atoms with Crippen molar-refractivity contribution in [1.29, 1.82) is 0 Å². The Morgan fingerprint density at radius 3 is 2.55 bits per heavy atom. The lowest BCUT2D eigenvalue weighted by molar-refractivity contribution is -0.0736. The van der Waals surface area contributed by atoms with Gasteiger partial charge in [0.1, 0.15) is 18.3 Å². The molecular weight excluding hydrogens is 260 g/mol. The number of fused-ring (bicyclic) bond motifs is 3. The predicted molar refractivity (Wildman–Crippen MR) is 69.6 cm³/mol. The van der Waals surface area contributed by atoms with Crippen molar-refractivity contribution >= 4 is 11.6 Å². The van der Waals surface area contributed by atoms with Crippen LogP contribution in [-0.2, 0) is 4.74 Å². The molecule has 0 heterocycles. The summed E-state index contributed by atoms with van der Waals surface area (Å²) >= 11 is 0. The highest BCUT2D eigenvalue weighted by molar-refractivity contribution is 6.22. The van der Waals surface area contributed by atoms with E-state index in [0.717, 1.165) is 0 Å². The Hall–Kier alpha value is -1.82. The highest BCUT2D eigenvalue weighted by Crippen LogP contribution is 2.44. The summed E-state index contributed by atoms with van der Waals surface area (Å²) in [6.07, 6.45) is -0.589. The van der Waals surface area contributed by atoms with Gasteiger partial charge in [-0.05, 0) is 30.7 Å². The molecule has 20 heavy (non-hydrogen) atoms. The zero-order chi connectivity index (χ0) is 14.4. The molecule has 0 saturated carbocycles. The van der Waals surface area contributed by atoms with Crippen molar-refractivity contribution in [3.05, 3.63) is 46.5 Å². The number of ether oxygens (including phenoxy) is 1. The molecule has 5 heteroatoms. The molecule has 2 aliphatic carbocycles. The molecule has 0 aliphatic heterocycles. The maximum atomic E-state index is 12.1. The number of rotatable bonds is 2. The van der Waals surface area contributed by atoms with Crippen LogP contribution in [0.5, 0.6) is 0 Å². The van der Waals surface area contributed by atoms with E-state index in [4.69, 9.17) is 4.74 Å². The van der Waals surface area contributed by atoms with Crippen LogP contribution in [0.25, 0.3) is 0 Å². The summed E-state index contributed by atoms with van der Waals surface area (Å²) in [5.74, 6) is -0.559. The van der Waals surface area contributed by atoms with Gasteiger partial charge in [0.15, 0.2) is 11.6 Å². The Labute approximate surface area is 115 Å². The average Bonchev–Trinajstić information content (AvgIpc) is 2.68. The minimum absolute atomic E-state index is 0.240. The number of hydrogen-bond acceptors (Lipinski definition) is 5. The minimum Gasteiger partial charge on any atom is -0.387 e. The molecular formula is C15H14O5. The van der Waals surface area contributed by atoms with Gasteiger partial charge in [0, 0.05) is 23.3 Å². The first-order chi connectivity index (χ1) is 9.56. The van der Waals surface area contributed by atoms with E-state index < -0.39 is 18.3 Å². The monoisotopic (exact) mass is 274 g/mol. The highest BCUT2D eigenvalue weighted by atomic mass is 16.5. The fraction of sp³-hybridized carbons (Fsp3) is 0.333. The van der Waals surface area contributed by atoms with Crippen molar-refractivity contribution < 1.29 is 24.5 Å². The second-order valence-electron chi connectivity index (χ2n) is 4.86. The Balaban J connectivity index is 2.25. The molecule has 0 bridgehead atoms. The fourth-order valence-corrected chi connectivity index (χ4v) is 2.88. The molecule has 1 aromatic rings. The molecule has 0 spiro atoms. The van der Waals surface area contributed by atoms with E-state index in [-0.39, 0.29) is 17.1 Å². The molecule has 1 aromatic carbocycles. The van der Waals surface area contributed by atoms with Crippen molar-refractivity contribution in [2.24, 2.45) is 0 Å². The topological polar surface area (TPSA) is 83.8 Å². The van der Waals surface area contributed by atoms with Crippen LogP contribution in [0.1, 0.15) is 51.0 Å². The first kappa shape index (κ1) is 13.2. The van der Waals surface area contributed by atoms with Crippen LogP contribution in [-0.4, -0.2) is 34.5 Å². The number of benzene rings is 1. The normalized spacial score (nSPS) is 27.6. The van der Waals surface area contributed by atoms with Crippen molar-refractivity contribution in [3.63, 3.8) is 0 Å². The average molecular weight is 274 g/mol. The number of ketones is 2. The van der Waals surface area contributed by atoms with E-state index in [9.17, 15) is 19.8 Å². The van der Waals surface area contributed by atoms with Gasteiger partial charge in [0.05, 0.1) is 0 Å². The standard InChI is InChI=1S/C15H14O5/c1-2-20-15-12-8(13(18)14(15)19)4-3-7-9(16)5-6-10(17)11(7)12/h3-6,13-15,18-19H,2H2,1H3. The Morgan fingerprint density at radius 1 is 1.15 bits per heavy atom. The third kappa shape index (κ3) is 1.67. The SMILES string of the molecule is CCOC1c2c(ccc3c2C(=O)C=CC3=O)C(O)C1O. The van der Waals surface area contributed by atoms with Crippen LogP contribution in [0.2, 0.25) is 0 Å². The van der Waals surface area contributed by atoms with Crippen LogP contribution in [0.15, 0.2) is 24.3 Å². The molecule has 2 aliphatic rings. The molecule has 0 saturated heterocycles. The zero-order valence-corrected chi connectivity index (χ0v) is 10.9. The van der Waals surface area contributed by atoms with Crippen LogP contribution >= 0.6 is 0 Å². The van der Waals surface area contributed by atoms with Gasteiger partial charge in [-0.15, -0.1) is 0 Å². The van der Waals surface area contributed by atoms with Gasteiger partial charge in [-0.2, -0.15) is 0 Å². The van der Waals surface area contributed by atoms with Crippen LogP contribution in [0.3, 0.4) is 0 Å². The lowest BCUT2D eigenvalue weighted by Gasteiger charge is -2.20. The molecule has 0 radical (unpaired) electrons. The Bertz CT molecular complexity index is 631. The second-order valence-corrected chi connectivity index (χ2v) is 4.86. The van der Waals surface area contributed by atoms with E-state index in [1.54, 1.807) is 13.0 Å². The predicted octanol–water partition coefficient (Wildman–Crippen LogP) is 1.11. The largest absolute Gasteiger partial charge is 0.387 e. The van der Waals surface area contributed by atoms with Gasteiger partial charge in [-0.25, -0.2) is 0 Å². The van der Waals surface area contributed by atoms with E-state index in [1.165, 1.54) is 18.2 Å². The quantitative estimate of drug-likeness (QED) is 0.844. The summed E-state index contributed by atoms with van der Waals surface area (Å²) < 4.78 is 5.46. The lowest BCUT2D eigenvalue weighted by Crippen LogP contribution is -2.22. The van der Waals surface area contributed by atoms with E-state index >= 15 is 0 Å². The molecule has 104 valence electrons. The number of allylic oxidation sites excluding steroid dienone is 2. The van der Waals surface area contributed by atoms with Crippen molar-refractivity contribution in [2.45, 2.75) is 25.2 Å². The van der Waals surface area contributed by atoms with Crippen LogP contribution in [0.4, 0.5) is 0 Å². The summed E-state index contributed by atoms with van der Waals surface area (Å²) in [6, 6.07) is 3.09. The molecule has 3 unspecified atom stereocenters. The second kappa shape index (κ2) is 4.63. The highest BCUT2D eigenvalue weighted by Gasteiger charge is 2.43. The van der Waals surface area contributed by atoms with Gasteiger partial charge in [-0.3, -0.25) is 9.59 Å². The van der Waals surface area contributed by atoms with E-state index in [0.29, 0.717) is 23.3 Å². The smallest absolute Gasteiger partial charge is 0.187 e. The molecule has 0 fully saturated rings. The van der Waals surface area contributed by atoms with Crippen LogP contribution in [0, 0.1) is 0 Å². The molecule has 2 N–H and O–H groups in total. The van der Waals surface area contributed by atoms with Gasteiger partial charge < -0.3 is 14.9 Å². The van der Waals surface area contributed by atoms with Crippen molar-refractivity contribution in [2.75, 3.05) is 6.61 Å². The number of carbonyl (C=O) groups excluding carboxylic acids is 2. The summed E-state index contributed by atoms with van der Waals surface area (Å²) in [5, 5.41) is 20.1. The molecule has 3 rings (SSSR count). The summed E-state index contributed by atoms with van der Waals surface area (Å²) in [5.41, 5.74) is 1.42. The van der Waals surface area contributed by atoms with Crippen molar-refractivity contribution in [1.82, 2.24) is 0 Å². The number of carbonyl (C=O) groups is 2. The maximum Gasteiger partial charge on any atom is 0.187 e. The Morgan fingerprint density at radius 2 is 1.85 bits per heavy atom. The lowest BCUT2D eigenvalue weighted by atomic mass is 9.88. The first-order valence-corrected chi connectivity index (χ1v) is 6.47. The zero-order valence-electron chi connectivity index (χ0n) is 10.9. The maximum absolute atomic E-state index is 12.1. The van der Waals surface area contributed by atoms with Crippen molar-refractivity contribution in [3.8, 4) is 0 Å². The summed E-state index contributed by atoms with van der Waals surface area (Å²) in [6.45, 7) is 2.09.